The molecule has 1 aliphatic rings. The maximum Gasteiger partial charge on any atom is 0.313 e. The Labute approximate surface area is 176 Å². The van der Waals surface area contributed by atoms with Gasteiger partial charge in [0.25, 0.3) is 0 Å². The van der Waals surface area contributed by atoms with E-state index < -0.39 is 11.8 Å². The van der Waals surface area contributed by atoms with Crippen LogP contribution in [0.15, 0.2) is 35.0 Å². The van der Waals surface area contributed by atoms with Crippen LogP contribution in [0.25, 0.3) is 0 Å². The van der Waals surface area contributed by atoms with Gasteiger partial charge in [-0.1, -0.05) is 18.9 Å². The molecule has 1 aliphatic heterocycles. The van der Waals surface area contributed by atoms with E-state index >= 15 is 0 Å². The topological polar surface area (TPSA) is 70.7 Å². The maximum atomic E-state index is 12.5. The van der Waals surface area contributed by atoms with Crippen molar-refractivity contribution in [2.24, 2.45) is 0 Å². The SMILES string of the molecule is COc1ccc(C)cc1NC(=O)C(=O)NC[C@@H](c1ccsc1)N1CCCCCC1. The second-order valence-corrected chi connectivity index (χ2v) is 8.17. The van der Waals surface area contributed by atoms with Gasteiger partial charge in [-0.3, -0.25) is 14.5 Å². The molecule has 0 aliphatic carbocycles. The third-order valence-electron chi connectivity index (χ3n) is 5.27. The standard InChI is InChI=1S/C22H29N3O3S/c1-16-7-8-20(28-2)18(13-16)24-22(27)21(26)23-14-19(17-9-12-29-15-17)25-10-5-3-4-6-11-25/h7-9,12-13,15,19H,3-6,10-11,14H2,1-2H3,(H,23,26)(H,24,27)/t19-/m0/s1. The number of thiophene rings is 1. The average molecular weight is 416 g/mol. The number of aryl methyl sites for hydroxylation is 1. The Morgan fingerprint density at radius 1 is 1.14 bits per heavy atom. The number of amides is 2. The van der Waals surface area contributed by atoms with Gasteiger partial charge in [-0.2, -0.15) is 11.3 Å². The summed E-state index contributed by atoms with van der Waals surface area (Å²) in [6, 6.07) is 7.64. The Bertz CT molecular complexity index is 815. The number of methoxy groups -OCH3 is 1. The molecule has 0 radical (unpaired) electrons. The summed E-state index contributed by atoms with van der Waals surface area (Å²) < 4.78 is 5.27. The highest BCUT2D eigenvalue weighted by Crippen LogP contribution is 2.26. The fourth-order valence-corrected chi connectivity index (χ4v) is 4.40. The summed E-state index contributed by atoms with van der Waals surface area (Å²) in [6.45, 7) is 4.36. The Morgan fingerprint density at radius 3 is 2.55 bits per heavy atom. The van der Waals surface area contributed by atoms with E-state index in [9.17, 15) is 9.59 Å². The number of hydrogen-bond donors (Lipinski definition) is 2. The number of likely N-dealkylation sites (tertiary alicyclic amines) is 1. The molecule has 156 valence electrons. The van der Waals surface area contributed by atoms with Gasteiger partial charge in [-0.05, 0) is 72.9 Å². The fraction of sp³-hybridized carbons (Fsp3) is 0.455. The molecule has 7 heteroatoms. The van der Waals surface area contributed by atoms with E-state index in [2.05, 4.69) is 32.4 Å². The van der Waals surface area contributed by atoms with Crippen LogP contribution in [0.3, 0.4) is 0 Å². The molecule has 0 unspecified atom stereocenters. The zero-order chi connectivity index (χ0) is 20.6. The van der Waals surface area contributed by atoms with Crippen molar-refractivity contribution in [3.8, 4) is 5.75 Å². The molecule has 2 N–H and O–H groups in total. The first-order valence-electron chi connectivity index (χ1n) is 10.1. The second-order valence-electron chi connectivity index (χ2n) is 7.39. The molecule has 0 spiro atoms. The largest absolute Gasteiger partial charge is 0.495 e. The first kappa shape index (κ1) is 21.3. The van der Waals surface area contributed by atoms with Crippen molar-refractivity contribution in [2.75, 3.05) is 32.1 Å². The van der Waals surface area contributed by atoms with E-state index in [0.717, 1.165) is 18.7 Å². The zero-order valence-electron chi connectivity index (χ0n) is 17.1. The van der Waals surface area contributed by atoms with Gasteiger partial charge in [0.2, 0.25) is 0 Å². The molecule has 2 aromatic rings. The molecule has 0 bridgehead atoms. The average Bonchev–Trinajstić information content (AvgIpc) is 3.11. The Morgan fingerprint density at radius 2 is 1.90 bits per heavy atom. The van der Waals surface area contributed by atoms with Gasteiger partial charge in [0.05, 0.1) is 18.8 Å². The van der Waals surface area contributed by atoms with Crippen molar-refractivity contribution in [3.63, 3.8) is 0 Å². The number of hydrogen-bond acceptors (Lipinski definition) is 5. The second kappa shape index (κ2) is 10.4. The summed E-state index contributed by atoms with van der Waals surface area (Å²) in [6.07, 6.45) is 4.84. The summed E-state index contributed by atoms with van der Waals surface area (Å²) in [5.74, 6) is -0.796. The number of rotatable bonds is 6. The summed E-state index contributed by atoms with van der Waals surface area (Å²) in [5.41, 5.74) is 2.66. The van der Waals surface area contributed by atoms with Crippen LogP contribution in [-0.4, -0.2) is 43.5 Å². The lowest BCUT2D eigenvalue weighted by molar-refractivity contribution is -0.136. The molecule has 0 saturated carbocycles. The van der Waals surface area contributed by atoms with Crippen molar-refractivity contribution in [3.05, 3.63) is 46.2 Å². The number of carbonyl (C=O) groups is 2. The summed E-state index contributed by atoms with van der Waals surface area (Å²) >= 11 is 1.65. The van der Waals surface area contributed by atoms with Crippen LogP contribution >= 0.6 is 11.3 Å². The highest BCUT2D eigenvalue weighted by molar-refractivity contribution is 7.08. The number of anilines is 1. The minimum absolute atomic E-state index is 0.0876. The quantitative estimate of drug-likeness (QED) is 0.705. The summed E-state index contributed by atoms with van der Waals surface area (Å²) in [5, 5.41) is 9.67. The highest BCUT2D eigenvalue weighted by atomic mass is 32.1. The van der Waals surface area contributed by atoms with Gasteiger partial charge in [0.1, 0.15) is 5.75 Å². The van der Waals surface area contributed by atoms with Crippen molar-refractivity contribution >= 4 is 28.8 Å². The van der Waals surface area contributed by atoms with E-state index in [1.54, 1.807) is 23.5 Å². The van der Waals surface area contributed by atoms with Gasteiger partial charge in [0, 0.05) is 6.54 Å². The minimum Gasteiger partial charge on any atom is -0.495 e. The monoisotopic (exact) mass is 415 g/mol. The van der Waals surface area contributed by atoms with Gasteiger partial charge in [-0.15, -0.1) is 0 Å². The lowest BCUT2D eigenvalue weighted by atomic mass is 10.1. The van der Waals surface area contributed by atoms with Crippen LogP contribution in [0.4, 0.5) is 5.69 Å². The smallest absolute Gasteiger partial charge is 0.313 e. The van der Waals surface area contributed by atoms with Crippen LogP contribution in [0.1, 0.15) is 42.9 Å². The van der Waals surface area contributed by atoms with Gasteiger partial charge < -0.3 is 15.4 Å². The Hall–Kier alpha value is -2.38. The maximum absolute atomic E-state index is 12.5. The molecule has 29 heavy (non-hydrogen) atoms. The van der Waals surface area contributed by atoms with E-state index in [1.807, 2.05) is 13.0 Å². The number of benzene rings is 1. The molecule has 2 heterocycles. The van der Waals surface area contributed by atoms with Crippen molar-refractivity contribution in [1.29, 1.82) is 0 Å². The zero-order valence-corrected chi connectivity index (χ0v) is 17.9. The van der Waals surface area contributed by atoms with Crippen LogP contribution < -0.4 is 15.4 Å². The lowest BCUT2D eigenvalue weighted by Gasteiger charge is -2.30. The Balaban J connectivity index is 1.63. The number of carbonyl (C=O) groups excluding carboxylic acids is 2. The van der Waals surface area contributed by atoms with Gasteiger partial charge in [0.15, 0.2) is 0 Å². The molecule has 3 rings (SSSR count). The van der Waals surface area contributed by atoms with Crippen molar-refractivity contribution in [1.82, 2.24) is 10.2 Å². The molecule has 6 nitrogen and oxygen atoms in total. The molecule has 1 aromatic heterocycles. The normalized spacial score (nSPS) is 15.9. The van der Waals surface area contributed by atoms with Crippen molar-refractivity contribution < 1.29 is 14.3 Å². The van der Waals surface area contributed by atoms with Crippen molar-refractivity contribution in [2.45, 2.75) is 38.6 Å². The predicted octanol–water partition coefficient (Wildman–Crippen LogP) is 3.74. The van der Waals surface area contributed by atoms with Gasteiger partial charge in [-0.25, -0.2) is 0 Å². The highest BCUT2D eigenvalue weighted by Gasteiger charge is 2.24. The molecule has 1 aromatic carbocycles. The number of nitrogens with one attached hydrogen (secondary N) is 2. The number of nitrogens with zero attached hydrogens (tertiary/aromatic N) is 1. The van der Waals surface area contributed by atoms with E-state index in [0.29, 0.717) is 18.0 Å². The first-order chi connectivity index (χ1) is 14.1. The minimum atomic E-state index is -0.686. The summed E-state index contributed by atoms with van der Waals surface area (Å²) in [7, 11) is 1.53. The van der Waals surface area contributed by atoms with E-state index in [-0.39, 0.29) is 6.04 Å². The van der Waals surface area contributed by atoms with Crippen LogP contribution in [0, 0.1) is 6.92 Å². The van der Waals surface area contributed by atoms with E-state index in [4.69, 9.17) is 4.74 Å². The third kappa shape index (κ3) is 5.81. The molecule has 2 amide bonds. The van der Waals surface area contributed by atoms with Crippen LogP contribution in [0.2, 0.25) is 0 Å². The molecule has 1 fully saturated rings. The van der Waals surface area contributed by atoms with Gasteiger partial charge >= 0.3 is 11.8 Å². The molecular weight excluding hydrogens is 386 g/mol. The predicted molar refractivity (Wildman–Crippen MR) is 116 cm³/mol. The van der Waals surface area contributed by atoms with E-state index in [1.165, 1.54) is 38.4 Å². The first-order valence-corrected chi connectivity index (χ1v) is 11.0. The summed E-state index contributed by atoms with van der Waals surface area (Å²) in [4.78, 5) is 27.3. The third-order valence-corrected chi connectivity index (χ3v) is 5.98. The van der Waals surface area contributed by atoms with Crippen LogP contribution in [0.5, 0.6) is 5.75 Å². The molecule has 1 atom stereocenters. The lowest BCUT2D eigenvalue weighted by Crippen LogP contribution is -2.42. The Kier molecular flexibility index (Phi) is 7.66. The number of ether oxygens (including phenoxy) is 1. The van der Waals surface area contributed by atoms with Crippen LogP contribution in [-0.2, 0) is 9.59 Å². The fourth-order valence-electron chi connectivity index (χ4n) is 3.70. The molecule has 1 saturated heterocycles. The molecular formula is C22H29N3O3S.